The van der Waals surface area contributed by atoms with Crippen molar-refractivity contribution in [3.05, 3.63) is 0 Å². The number of aliphatic hydroxyl groups is 1. The highest BCUT2D eigenvalue weighted by molar-refractivity contribution is 7.97. The molecular formula is C18H35OS+. The lowest BCUT2D eigenvalue weighted by Crippen LogP contribution is -2.42. The van der Waals surface area contributed by atoms with Crippen LogP contribution in [-0.2, 0) is 10.9 Å². The monoisotopic (exact) mass is 299 g/mol. The van der Waals surface area contributed by atoms with Gasteiger partial charge in [-0.25, -0.2) is 0 Å². The molecule has 1 nitrogen and oxygen atoms in total. The molecule has 0 aromatic rings. The standard InChI is InChI=1S/C18H35OS/c1-3-5-9-15-13-17(20-11-7-8-12-20)14-16(18(15)19)10-6-4-2/h15-19H,3-14H2,1-2H3/q+1. The maximum Gasteiger partial charge on any atom is 0.119 e. The average Bonchev–Trinajstić information content (AvgIpc) is 2.99. The van der Waals surface area contributed by atoms with E-state index in [4.69, 9.17) is 0 Å². The number of hydrogen-bond donors (Lipinski definition) is 1. The minimum absolute atomic E-state index is 0.00977. The molecule has 1 aliphatic carbocycles. The fourth-order valence-electron chi connectivity index (χ4n) is 4.23. The minimum Gasteiger partial charge on any atom is -0.393 e. The summed E-state index contributed by atoms with van der Waals surface area (Å²) in [6, 6.07) is 0. The summed E-state index contributed by atoms with van der Waals surface area (Å²) in [5, 5.41) is 11.7. The Morgan fingerprint density at radius 3 is 1.85 bits per heavy atom. The van der Waals surface area contributed by atoms with E-state index in [9.17, 15) is 5.11 Å². The van der Waals surface area contributed by atoms with Gasteiger partial charge in [-0.1, -0.05) is 39.5 Å². The Balaban J connectivity index is 1.95. The molecule has 2 rings (SSSR count). The number of unbranched alkanes of at least 4 members (excludes halogenated alkanes) is 2. The van der Waals surface area contributed by atoms with Gasteiger partial charge in [-0.05, 0) is 48.4 Å². The molecule has 0 radical (unpaired) electrons. The van der Waals surface area contributed by atoms with Crippen molar-refractivity contribution in [1.82, 2.24) is 0 Å². The van der Waals surface area contributed by atoms with Crippen LogP contribution in [-0.4, -0.2) is 28.0 Å². The van der Waals surface area contributed by atoms with Gasteiger partial charge in [0.2, 0.25) is 0 Å². The van der Waals surface area contributed by atoms with Gasteiger partial charge in [-0.2, -0.15) is 0 Å². The van der Waals surface area contributed by atoms with E-state index < -0.39 is 0 Å². The molecule has 0 amide bonds. The fourth-order valence-corrected chi connectivity index (χ4v) is 7.29. The minimum atomic E-state index is 0.00977. The SMILES string of the molecule is CCCCC1CC([S+]2CCCC2)CC(CCCC)C1O. The predicted molar refractivity (Wildman–Crippen MR) is 91.4 cm³/mol. The topological polar surface area (TPSA) is 20.2 Å². The Hall–Kier alpha value is 0.310. The van der Waals surface area contributed by atoms with Gasteiger partial charge in [0.05, 0.1) is 6.10 Å². The molecule has 2 atom stereocenters. The fraction of sp³-hybridized carbons (Fsp3) is 1.00. The Morgan fingerprint density at radius 1 is 0.900 bits per heavy atom. The van der Waals surface area contributed by atoms with Crippen molar-refractivity contribution < 1.29 is 5.11 Å². The summed E-state index contributed by atoms with van der Waals surface area (Å²) >= 11 is 0. The van der Waals surface area contributed by atoms with Gasteiger partial charge < -0.3 is 5.11 Å². The van der Waals surface area contributed by atoms with Gasteiger partial charge >= 0.3 is 0 Å². The molecule has 1 heterocycles. The van der Waals surface area contributed by atoms with Crippen LogP contribution in [0.25, 0.3) is 0 Å². The molecule has 2 fully saturated rings. The zero-order valence-electron chi connectivity index (χ0n) is 13.7. The van der Waals surface area contributed by atoms with Crippen molar-refractivity contribution in [1.29, 1.82) is 0 Å². The van der Waals surface area contributed by atoms with Crippen LogP contribution in [0.15, 0.2) is 0 Å². The third-order valence-electron chi connectivity index (χ3n) is 5.49. The van der Waals surface area contributed by atoms with Crippen molar-refractivity contribution in [2.24, 2.45) is 11.8 Å². The number of hydrogen-bond acceptors (Lipinski definition) is 1. The first-order valence-corrected chi connectivity index (χ1v) is 10.7. The Bertz CT molecular complexity index is 244. The Kier molecular flexibility index (Phi) is 7.24. The van der Waals surface area contributed by atoms with Crippen LogP contribution in [0.4, 0.5) is 0 Å². The Labute approximate surface area is 129 Å². The quantitative estimate of drug-likeness (QED) is 0.685. The van der Waals surface area contributed by atoms with Crippen LogP contribution in [0.1, 0.15) is 78.1 Å². The maximum absolute atomic E-state index is 10.7. The summed E-state index contributed by atoms with van der Waals surface area (Å²) < 4.78 is 0. The first-order valence-electron chi connectivity index (χ1n) is 9.10. The van der Waals surface area contributed by atoms with E-state index in [-0.39, 0.29) is 6.10 Å². The van der Waals surface area contributed by atoms with Crippen molar-refractivity contribution in [2.75, 3.05) is 11.5 Å². The highest BCUT2D eigenvalue weighted by atomic mass is 32.2. The second-order valence-corrected chi connectivity index (χ2v) is 9.60. The molecule has 2 aliphatic rings. The molecule has 118 valence electrons. The molecular weight excluding hydrogens is 264 g/mol. The lowest BCUT2D eigenvalue weighted by Gasteiger charge is -2.38. The molecule has 1 aliphatic heterocycles. The van der Waals surface area contributed by atoms with Gasteiger partial charge in [-0.15, -0.1) is 0 Å². The van der Waals surface area contributed by atoms with Gasteiger partial charge in [-0.3, -0.25) is 0 Å². The molecule has 20 heavy (non-hydrogen) atoms. The van der Waals surface area contributed by atoms with E-state index >= 15 is 0 Å². The molecule has 2 heteroatoms. The highest BCUT2D eigenvalue weighted by Crippen LogP contribution is 2.40. The van der Waals surface area contributed by atoms with E-state index in [0.29, 0.717) is 22.7 Å². The van der Waals surface area contributed by atoms with Crippen LogP contribution in [0.2, 0.25) is 0 Å². The number of rotatable bonds is 7. The van der Waals surface area contributed by atoms with E-state index in [1.807, 2.05) is 0 Å². The van der Waals surface area contributed by atoms with E-state index in [0.717, 1.165) is 5.25 Å². The second-order valence-electron chi connectivity index (χ2n) is 7.04. The summed E-state index contributed by atoms with van der Waals surface area (Å²) in [6.45, 7) is 4.56. The number of aliphatic hydroxyl groups excluding tert-OH is 1. The summed E-state index contributed by atoms with van der Waals surface area (Å²) in [7, 11) is 0.708. The van der Waals surface area contributed by atoms with Crippen LogP contribution < -0.4 is 0 Å². The molecule has 0 spiro atoms. The molecule has 0 aromatic carbocycles. The summed E-state index contributed by atoms with van der Waals surface area (Å²) in [5.41, 5.74) is 0. The van der Waals surface area contributed by atoms with Crippen LogP contribution in [0, 0.1) is 11.8 Å². The first-order chi connectivity index (χ1) is 9.76. The first kappa shape index (κ1) is 16.7. The molecule has 1 saturated carbocycles. The van der Waals surface area contributed by atoms with Crippen molar-refractivity contribution in [3.63, 3.8) is 0 Å². The van der Waals surface area contributed by atoms with Crippen molar-refractivity contribution in [2.45, 2.75) is 89.4 Å². The summed E-state index contributed by atoms with van der Waals surface area (Å²) in [6.07, 6.45) is 13.4. The highest BCUT2D eigenvalue weighted by Gasteiger charge is 2.44. The second kappa shape index (κ2) is 8.68. The molecule has 0 bridgehead atoms. The maximum atomic E-state index is 10.7. The third-order valence-corrected chi connectivity index (χ3v) is 8.44. The van der Waals surface area contributed by atoms with Crippen LogP contribution in [0.5, 0.6) is 0 Å². The summed E-state index contributed by atoms with van der Waals surface area (Å²) in [5.74, 6) is 4.23. The zero-order chi connectivity index (χ0) is 14.4. The lowest BCUT2D eigenvalue weighted by atomic mass is 9.74. The van der Waals surface area contributed by atoms with Gasteiger partial charge in [0.15, 0.2) is 0 Å². The van der Waals surface area contributed by atoms with E-state index in [1.165, 1.54) is 75.7 Å². The predicted octanol–water partition coefficient (Wildman–Crippen LogP) is 4.53. The van der Waals surface area contributed by atoms with Crippen LogP contribution in [0.3, 0.4) is 0 Å². The molecule has 1 saturated heterocycles. The largest absolute Gasteiger partial charge is 0.393 e. The molecule has 0 aromatic heterocycles. The Morgan fingerprint density at radius 2 is 1.40 bits per heavy atom. The molecule has 1 N–H and O–H groups in total. The average molecular weight is 300 g/mol. The van der Waals surface area contributed by atoms with E-state index in [1.54, 1.807) is 0 Å². The normalized spacial score (nSPS) is 35.5. The van der Waals surface area contributed by atoms with Crippen LogP contribution >= 0.6 is 0 Å². The summed E-state index contributed by atoms with van der Waals surface area (Å²) in [4.78, 5) is 0. The van der Waals surface area contributed by atoms with Crippen molar-refractivity contribution >= 4 is 10.9 Å². The zero-order valence-corrected chi connectivity index (χ0v) is 14.5. The smallest absolute Gasteiger partial charge is 0.119 e. The van der Waals surface area contributed by atoms with Gasteiger partial charge in [0.25, 0.3) is 0 Å². The molecule has 2 unspecified atom stereocenters. The van der Waals surface area contributed by atoms with Crippen molar-refractivity contribution in [3.8, 4) is 0 Å². The lowest BCUT2D eigenvalue weighted by molar-refractivity contribution is 0.0107. The van der Waals surface area contributed by atoms with Gasteiger partial charge in [0.1, 0.15) is 16.8 Å². The van der Waals surface area contributed by atoms with E-state index in [2.05, 4.69) is 13.8 Å². The third kappa shape index (κ3) is 4.40. The van der Waals surface area contributed by atoms with Gasteiger partial charge in [0, 0.05) is 12.8 Å².